The molecular weight excluding hydrogens is 288 g/mol. The number of nitrogens with one attached hydrogen (secondary N) is 2. The monoisotopic (exact) mass is 312 g/mol. The Balaban J connectivity index is 1.82. The third kappa shape index (κ3) is 6.06. The number of aryl methyl sites for hydroxylation is 1. The summed E-state index contributed by atoms with van der Waals surface area (Å²) in [7, 11) is 0. The lowest BCUT2D eigenvalue weighted by Crippen LogP contribution is -2.28. The third-order valence-corrected chi connectivity index (χ3v) is 3.17. The summed E-state index contributed by atoms with van der Waals surface area (Å²) in [6.07, 6.45) is 3.25. The van der Waals surface area contributed by atoms with E-state index in [1.54, 1.807) is 6.07 Å². The quantitative estimate of drug-likeness (QED) is 0.805. The molecule has 1 amide bonds. The third-order valence-electron chi connectivity index (χ3n) is 3.17. The summed E-state index contributed by atoms with van der Waals surface area (Å²) in [6.45, 7) is 6.75. The van der Waals surface area contributed by atoms with Crippen LogP contribution < -0.4 is 10.6 Å². The number of anilines is 1. The van der Waals surface area contributed by atoms with E-state index in [0.29, 0.717) is 18.1 Å². The predicted octanol–water partition coefficient (Wildman–Crippen LogP) is 3.05. The van der Waals surface area contributed by atoms with Gasteiger partial charge in [0.15, 0.2) is 0 Å². The second-order valence-corrected chi connectivity index (χ2v) is 6.51. The van der Waals surface area contributed by atoms with Gasteiger partial charge >= 0.3 is 0 Å². The highest BCUT2D eigenvalue weighted by Gasteiger charge is 2.13. The molecule has 0 spiro atoms. The molecule has 0 unspecified atom stereocenters. The van der Waals surface area contributed by atoms with Crippen LogP contribution in [0.4, 0.5) is 5.82 Å². The molecule has 2 aromatic rings. The number of aromatic nitrogens is 2. The molecule has 1 aromatic heterocycles. The van der Waals surface area contributed by atoms with Crippen LogP contribution >= 0.6 is 0 Å². The SMILES string of the molecule is CC(C)(C)Nc1cc(C(=O)NCCCc2ccccc2)ncn1. The van der Waals surface area contributed by atoms with Crippen molar-refractivity contribution in [2.45, 2.75) is 39.2 Å². The highest BCUT2D eigenvalue weighted by atomic mass is 16.1. The minimum Gasteiger partial charge on any atom is -0.365 e. The van der Waals surface area contributed by atoms with Gasteiger partial charge in [-0.3, -0.25) is 4.79 Å². The summed E-state index contributed by atoms with van der Waals surface area (Å²) < 4.78 is 0. The Morgan fingerprint density at radius 2 is 1.87 bits per heavy atom. The Bertz CT molecular complexity index is 635. The summed E-state index contributed by atoms with van der Waals surface area (Å²) in [5, 5.41) is 6.14. The van der Waals surface area contributed by atoms with Crippen molar-refractivity contribution in [3.8, 4) is 0 Å². The molecule has 0 saturated heterocycles. The maximum absolute atomic E-state index is 12.1. The maximum Gasteiger partial charge on any atom is 0.270 e. The predicted molar refractivity (Wildman–Crippen MR) is 92.5 cm³/mol. The van der Waals surface area contributed by atoms with Crippen LogP contribution in [0, 0.1) is 0 Å². The minimum absolute atomic E-state index is 0.113. The molecule has 2 rings (SSSR count). The van der Waals surface area contributed by atoms with Crippen molar-refractivity contribution in [3.05, 3.63) is 54.0 Å². The van der Waals surface area contributed by atoms with Gasteiger partial charge in [0.05, 0.1) is 0 Å². The van der Waals surface area contributed by atoms with Crippen LogP contribution in [-0.4, -0.2) is 28.0 Å². The van der Waals surface area contributed by atoms with E-state index in [-0.39, 0.29) is 11.4 Å². The number of rotatable bonds is 6. The van der Waals surface area contributed by atoms with E-state index in [0.717, 1.165) is 12.8 Å². The molecule has 122 valence electrons. The van der Waals surface area contributed by atoms with Crippen molar-refractivity contribution in [2.24, 2.45) is 0 Å². The lowest BCUT2D eigenvalue weighted by atomic mass is 10.1. The fourth-order valence-electron chi connectivity index (χ4n) is 2.16. The molecule has 0 fully saturated rings. The fourth-order valence-corrected chi connectivity index (χ4v) is 2.16. The van der Waals surface area contributed by atoms with Gasteiger partial charge in [0.2, 0.25) is 0 Å². The standard InChI is InChI=1S/C18H24N4O/c1-18(2,3)22-16-12-15(20-13-21-16)17(23)19-11-7-10-14-8-5-4-6-9-14/h4-6,8-9,12-13H,7,10-11H2,1-3H3,(H,19,23)(H,20,21,22). The Hall–Kier alpha value is -2.43. The number of carbonyl (C=O) groups is 1. The zero-order valence-electron chi connectivity index (χ0n) is 14.0. The molecule has 0 radical (unpaired) electrons. The molecule has 0 saturated carbocycles. The fraction of sp³-hybridized carbons (Fsp3) is 0.389. The van der Waals surface area contributed by atoms with Crippen LogP contribution in [0.5, 0.6) is 0 Å². The largest absolute Gasteiger partial charge is 0.365 e. The van der Waals surface area contributed by atoms with Crippen LogP contribution in [-0.2, 0) is 6.42 Å². The summed E-state index contributed by atoms with van der Waals surface area (Å²) in [4.78, 5) is 20.3. The number of amides is 1. The molecule has 0 aliphatic carbocycles. The van der Waals surface area contributed by atoms with Gasteiger partial charge in [-0.15, -0.1) is 0 Å². The zero-order valence-corrected chi connectivity index (χ0v) is 14.0. The number of benzene rings is 1. The lowest BCUT2D eigenvalue weighted by Gasteiger charge is -2.21. The summed E-state index contributed by atoms with van der Waals surface area (Å²) >= 11 is 0. The Kier molecular flexibility index (Phi) is 5.68. The first-order valence-corrected chi connectivity index (χ1v) is 7.86. The molecule has 1 heterocycles. The van der Waals surface area contributed by atoms with Gasteiger partial charge < -0.3 is 10.6 Å². The van der Waals surface area contributed by atoms with E-state index >= 15 is 0 Å². The minimum atomic E-state index is -0.169. The number of nitrogens with zero attached hydrogens (tertiary/aromatic N) is 2. The maximum atomic E-state index is 12.1. The van der Waals surface area contributed by atoms with Crippen molar-refractivity contribution in [2.75, 3.05) is 11.9 Å². The van der Waals surface area contributed by atoms with Crippen molar-refractivity contribution in [3.63, 3.8) is 0 Å². The van der Waals surface area contributed by atoms with Crippen molar-refractivity contribution < 1.29 is 4.79 Å². The highest BCUT2D eigenvalue weighted by Crippen LogP contribution is 2.12. The van der Waals surface area contributed by atoms with Gasteiger partial charge in [-0.05, 0) is 39.2 Å². The van der Waals surface area contributed by atoms with E-state index in [4.69, 9.17) is 0 Å². The van der Waals surface area contributed by atoms with Gasteiger partial charge in [0.25, 0.3) is 5.91 Å². The van der Waals surface area contributed by atoms with Gasteiger partial charge in [-0.25, -0.2) is 9.97 Å². The van der Waals surface area contributed by atoms with E-state index in [2.05, 4.69) is 32.7 Å². The van der Waals surface area contributed by atoms with Gasteiger partial charge in [-0.2, -0.15) is 0 Å². The average Bonchev–Trinajstić information content (AvgIpc) is 2.51. The van der Waals surface area contributed by atoms with Gasteiger partial charge in [0, 0.05) is 18.2 Å². The first-order valence-electron chi connectivity index (χ1n) is 7.86. The van der Waals surface area contributed by atoms with Crippen LogP contribution in [0.15, 0.2) is 42.7 Å². The average molecular weight is 312 g/mol. The van der Waals surface area contributed by atoms with Crippen LogP contribution in [0.3, 0.4) is 0 Å². The smallest absolute Gasteiger partial charge is 0.270 e. The molecule has 0 aliphatic heterocycles. The Morgan fingerprint density at radius 1 is 1.13 bits per heavy atom. The van der Waals surface area contributed by atoms with E-state index in [1.165, 1.54) is 11.9 Å². The molecule has 0 aliphatic rings. The van der Waals surface area contributed by atoms with Gasteiger partial charge in [-0.1, -0.05) is 30.3 Å². The number of hydrogen-bond donors (Lipinski definition) is 2. The zero-order chi connectivity index (χ0) is 16.7. The summed E-state index contributed by atoms with van der Waals surface area (Å²) in [6, 6.07) is 11.9. The van der Waals surface area contributed by atoms with E-state index < -0.39 is 0 Å². The topological polar surface area (TPSA) is 66.9 Å². The second-order valence-electron chi connectivity index (χ2n) is 6.51. The van der Waals surface area contributed by atoms with Crippen molar-refractivity contribution in [1.82, 2.24) is 15.3 Å². The molecule has 0 bridgehead atoms. The van der Waals surface area contributed by atoms with Crippen molar-refractivity contribution in [1.29, 1.82) is 0 Å². The molecule has 2 N–H and O–H groups in total. The van der Waals surface area contributed by atoms with Crippen molar-refractivity contribution >= 4 is 11.7 Å². The van der Waals surface area contributed by atoms with Crippen LogP contribution in [0.1, 0.15) is 43.2 Å². The van der Waals surface area contributed by atoms with Crippen LogP contribution in [0.25, 0.3) is 0 Å². The normalized spacial score (nSPS) is 11.1. The molecular formula is C18H24N4O. The lowest BCUT2D eigenvalue weighted by molar-refractivity contribution is 0.0948. The summed E-state index contributed by atoms with van der Waals surface area (Å²) in [5.74, 6) is 0.486. The molecule has 23 heavy (non-hydrogen) atoms. The van der Waals surface area contributed by atoms with Gasteiger partial charge in [0.1, 0.15) is 17.8 Å². The Morgan fingerprint density at radius 3 is 2.57 bits per heavy atom. The number of carbonyl (C=O) groups excluding carboxylic acids is 1. The molecule has 5 heteroatoms. The van der Waals surface area contributed by atoms with E-state index in [1.807, 2.05) is 39.0 Å². The Labute approximate surface area is 137 Å². The molecule has 1 aromatic carbocycles. The van der Waals surface area contributed by atoms with E-state index in [9.17, 15) is 4.79 Å². The number of hydrogen-bond acceptors (Lipinski definition) is 4. The molecule has 0 atom stereocenters. The second kappa shape index (κ2) is 7.72. The first-order chi connectivity index (χ1) is 10.9. The first kappa shape index (κ1) is 16.9. The summed E-state index contributed by atoms with van der Waals surface area (Å²) in [5.41, 5.74) is 1.55. The van der Waals surface area contributed by atoms with Crippen LogP contribution in [0.2, 0.25) is 0 Å². The highest BCUT2D eigenvalue weighted by molar-refractivity contribution is 5.92. The molecule has 5 nitrogen and oxygen atoms in total.